The standard InChI is InChI=1S/C23H22Cl4N6O/c24-16-2-1-3-17(25)15(16)9-32-10-18(26)19(30-32)29-20(34)22-5-13-4-14(6-22)8-23(7-13,11-22)33-12-28-21(27)31-33/h1-3,10,12-14H,4-9,11H2,(H,29,30,34). The molecule has 11 heteroatoms. The topological polar surface area (TPSA) is 77.6 Å². The highest BCUT2D eigenvalue weighted by atomic mass is 35.5. The lowest BCUT2D eigenvalue weighted by Crippen LogP contribution is -2.60. The Labute approximate surface area is 216 Å². The van der Waals surface area contributed by atoms with Crippen molar-refractivity contribution >= 4 is 58.1 Å². The van der Waals surface area contributed by atoms with E-state index >= 15 is 0 Å². The van der Waals surface area contributed by atoms with Gasteiger partial charge in [0.1, 0.15) is 11.3 Å². The van der Waals surface area contributed by atoms with Gasteiger partial charge in [0, 0.05) is 21.8 Å². The summed E-state index contributed by atoms with van der Waals surface area (Å²) in [6.07, 6.45) is 9.01. The molecule has 4 bridgehead atoms. The normalized spacial score (nSPS) is 29.5. The van der Waals surface area contributed by atoms with Crippen LogP contribution >= 0.6 is 46.4 Å². The lowest BCUT2D eigenvalue weighted by Gasteiger charge is -2.60. The molecule has 4 saturated carbocycles. The van der Waals surface area contributed by atoms with Crippen molar-refractivity contribution in [1.82, 2.24) is 24.5 Å². The molecule has 7 rings (SSSR count). The van der Waals surface area contributed by atoms with E-state index in [-0.39, 0.29) is 16.7 Å². The van der Waals surface area contributed by atoms with E-state index in [0.29, 0.717) is 45.7 Å². The minimum absolute atomic E-state index is 0.0277. The molecule has 0 radical (unpaired) electrons. The molecule has 2 unspecified atom stereocenters. The number of hydrogen-bond donors (Lipinski definition) is 1. The second-order valence-corrected chi connectivity index (χ2v) is 11.7. The zero-order valence-electron chi connectivity index (χ0n) is 18.1. The van der Waals surface area contributed by atoms with Gasteiger partial charge in [0.2, 0.25) is 11.2 Å². The fraction of sp³-hybridized carbons (Fsp3) is 0.478. The molecule has 2 atom stereocenters. The minimum atomic E-state index is -0.484. The molecule has 34 heavy (non-hydrogen) atoms. The first-order valence-electron chi connectivity index (χ1n) is 11.3. The van der Waals surface area contributed by atoms with Gasteiger partial charge in [0.25, 0.3) is 0 Å². The van der Waals surface area contributed by atoms with E-state index < -0.39 is 5.41 Å². The van der Waals surface area contributed by atoms with Crippen LogP contribution < -0.4 is 5.32 Å². The molecule has 2 heterocycles. The number of carbonyl (C=O) groups excluding carboxylic acids is 1. The molecule has 1 amide bonds. The van der Waals surface area contributed by atoms with E-state index in [0.717, 1.165) is 37.7 Å². The van der Waals surface area contributed by atoms with Crippen LogP contribution in [0.15, 0.2) is 30.7 Å². The second-order valence-electron chi connectivity index (χ2n) is 10.1. The summed E-state index contributed by atoms with van der Waals surface area (Å²) < 4.78 is 3.55. The molecule has 0 spiro atoms. The van der Waals surface area contributed by atoms with Crippen molar-refractivity contribution in [3.05, 3.63) is 56.6 Å². The van der Waals surface area contributed by atoms with E-state index in [1.54, 1.807) is 35.4 Å². The van der Waals surface area contributed by atoms with Crippen LogP contribution in [0, 0.1) is 17.3 Å². The number of hydrogen-bond acceptors (Lipinski definition) is 4. The van der Waals surface area contributed by atoms with E-state index in [4.69, 9.17) is 46.4 Å². The van der Waals surface area contributed by atoms with Gasteiger partial charge >= 0.3 is 0 Å². The third kappa shape index (κ3) is 3.72. The third-order valence-electron chi connectivity index (χ3n) is 7.79. The monoisotopic (exact) mass is 538 g/mol. The first-order chi connectivity index (χ1) is 16.3. The van der Waals surface area contributed by atoms with Gasteiger partial charge in [0.05, 0.1) is 17.5 Å². The number of nitrogens with one attached hydrogen (secondary N) is 1. The van der Waals surface area contributed by atoms with Crippen LogP contribution in [0.2, 0.25) is 20.4 Å². The second kappa shape index (κ2) is 8.12. The third-order valence-corrected chi connectivity index (χ3v) is 8.95. The van der Waals surface area contributed by atoms with Gasteiger partial charge in [0.15, 0.2) is 5.82 Å². The number of anilines is 1. The Hall–Kier alpha value is -1.80. The van der Waals surface area contributed by atoms with Crippen LogP contribution in [0.5, 0.6) is 0 Å². The average Bonchev–Trinajstić information content (AvgIpc) is 3.36. The van der Waals surface area contributed by atoms with Crippen molar-refractivity contribution < 1.29 is 4.79 Å². The largest absolute Gasteiger partial charge is 0.307 e. The van der Waals surface area contributed by atoms with E-state index in [1.807, 2.05) is 4.68 Å². The summed E-state index contributed by atoms with van der Waals surface area (Å²) in [7, 11) is 0. The van der Waals surface area contributed by atoms with Gasteiger partial charge in [-0.05, 0) is 74.1 Å². The van der Waals surface area contributed by atoms with Crippen molar-refractivity contribution in [2.75, 3.05) is 5.32 Å². The molecule has 4 aliphatic carbocycles. The lowest BCUT2D eigenvalue weighted by molar-refractivity contribution is -0.150. The first kappa shape index (κ1) is 22.7. The molecule has 4 fully saturated rings. The molecule has 2 aromatic heterocycles. The maximum Gasteiger partial charge on any atom is 0.242 e. The first-order valence-corrected chi connectivity index (χ1v) is 12.8. The summed E-state index contributed by atoms with van der Waals surface area (Å²) in [5, 5.41) is 13.7. The highest BCUT2D eigenvalue weighted by Crippen LogP contribution is 2.64. The SMILES string of the molecule is O=C(Nc1nn(Cc2c(Cl)cccc2Cl)cc1Cl)C12CC3CC(C1)CC(n1cnc(Cl)n1)(C3)C2. The Morgan fingerprint density at radius 1 is 1.03 bits per heavy atom. The summed E-state index contributed by atoms with van der Waals surface area (Å²) in [5.41, 5.74) is 0.0464. The Balaban J connectivity index is 1.25. The van der Waals surface area contributed by atoms with Crippen LogP contribution in [-0.2, 0) is 16.9 Å². The highest BCUT2D eigenvalue weighted by molar-refractivity contribution is 6.36. The smallest absolute Gasteiger partial charge is 0.242 e. The predicted molar refractivity (Wildman–Crippen MR) is 132 cm³/mol. The molecule has 7 nitrogen and oxygen atoms in total. The maximum atomic E-state index is 13.7. The molecule has 0 saturated heterocycles. The number of amides is 1. The highest BCUT2D eigenvalue weighted by Gasteiger charge is 2.61. The Morgan fingerprint density at radius 3 is 2.38 bits per heavy atom. The van der Waals surface area contributed by atoms with E-state index in [9.17, 15) is 4.79 Å². The molecule has 3 aromatic rings. The van der Waals surface area contributed by atoms with Gasteiger partial charge in [-0.1, -0.05) is 40.9 Å². The number of nitrogens with zero attached hydrogens (tertiary/aromatic N) is 5. The minimum Gasteiger partial charge on any atom is -0.307 e. The van der Waals surface area contributed by atoms with Crippen LogP contribution in [0.3, 0.4) is 0 Å². The number of aromatic nitrogens is 5. The summed E-state index contributed by atoms with van der Waals surface area (Å²) in [4.78, 5) is 17.9. The van der Waals surface area contributed by atoms with Crippen LogP contribution in [0.4, 0.5) is 5.82 Å². The molecular weight excluding hydrogens is 518 g/mol. The molecule has 1 aromatic carbocycles. The molecule has 4 aliphatic rings. The van der Waals surface area contributed by atoms with Crippen molar-refractivity contribution in [3.63, 3.8) is 0 Å². The molecule has 178 valence electrons. The molecule has 0 aliphatic heterocycles. The zero-order valence-corrected chi connectivity index (χ0v) is 21.2. The average molecular weight is 540 g/mol. The van der Waals surface area contributed by atoms with Gasteiger partial charge in [-0.25, -0.2) is 9.67 Å². The van der Waals surface area contributed by atoms with Crippen molar-refractivity contribution in [2.24, 2.45) is 17.3 Å². The van der Waals surface area contributed by atoms with Crippen LogP contribution in [-0.4, -0.2) is 30.5 Å². The lowest BCUT2D eigenvalue weighted by atomic mass is 9.46. The number of rotatable bonds is 5. The zero-order chi connectivity index (χ0) is 23.7. The Bertz CT molecular complexity index is 1250. The van der Waals surface area contributed by atoms with Gasteiger partial charge in [-0.2, -0.15) is 5.10 Å². The number of halogens is 4. The van der Waals surface area contributed by atoms with Gasteiger partial charge in [-0.15, -0.1) is 5.10 Å². The van der Waals surface area contributed by atoms with Crippen molar-refractivity contribution in [2.45, 2.75) is 50.6 Å². The van der Waals surface area contributed by atoms with E-state index in [1.165, 1.54) is 0 Å². The fourth-order valence-electron chi connectivity index (χ4n) is 6.87. The summed E-state index contributed by atoms with van der Waals surface area (Å²) in [6.45, 7) is 0.347. The summed E-state index contributed by atoms with van der Waals surface area (Å²) in [6, 6.07) is 5.35. The number of carbonyl (C=O) groups is 1. The van der Waals surface area contributed by atoms with Crippen molar-refractivity contribution in [3.8, 4) is 0 Å². The van der Waals surface area contributed by atoms with Crippen LogP contribution in [0.25, 0.3) is 0 Å². The molecular formula is C23H22Cl4N6O. The van der Waals surface area contributed by atoms with E-state index in [2.05, 4.69) is 20.5 Å². The van der Waals surface area contributed by atoms with Gasteiger partial charge in [-0.3, -0.25) is 9.48 Å². The van der Waals surface area contributed by atoms with Crippen molar-refractivity contribution in [1.29, 1.82) is 0 Å². The van der Waals surface area contributed by atoms with Crippen LogP contribution in [0.1, 0.15) is 44.1 Å². The summed E-state index contributed by atoms with van der Waals surface area (Å²) >= 11 is 25.1. The maximum absolute atomic E-state index is 13.7. The van der Waals surface area contributed by atoms with Gasteiger partial charge < -0.3 is 5.32 Å². The quantitative estimate of drug-likeness (QED) is 0.426. The summed E-state index contributed by atoms with van der Waals surface area (Å²) in [5.74, 6) is 1.28. The predicted octanol–water partition coefficient (Wildman–Crippen LogP) is 6.07. The Kier molecular flexibility index (Phi) is 5.41. The molecule has 1 N–H and O–H groups in total. The fourth-order valence-corrected chi connectivity index (χ4v) is 7.71. The number of benzene rings is 1. The Morgan fingerprint density at radius 2 is 1.74 bits per heavy atom.